The Kier molecular flexibility index (Phi) is 5.16. The van der Waals surface area contributed by atoms with E-state index >= 15 is 0 Å². The molecule has 1 aromatic rings. The van der Waals surface area contributed by atoms with Crippen LogP contribution in [0.15, 0.2) is 24.3 Å². The number of aryl methyl sites for hydroxylation is 1. The van der Waals surface area contributed by atoms with Crippen LogP contribution in [-0.2, 0) is 25.5 Å². The molecule has 0 aromatic heterocycles. The molecule has 0 saturated carbocycles. The van der Waals surface area contributed by atoms with Crippen LogP contribution >= 0.6 is 0 Å². The molecule has 1 saturated heterocycles. The van der Waals surface area contributed by atoms with Crippen LogP contribution in [0.2, 0.25) is 0 Å². The predicted octanol–water partition coefficient (Wildman–Crippen LogP) is 1.05. The van der Waals surface area contributed by atoms with Gasteiger partial charge in [-0.1, -0.05) is 24.3 Å². The van der Waals surface area contributed by atoms with Crippen molar-refractivity contribution >= 4 is 23.8 Å². The zero-order chi connectivity index (χ0) is 19.6. The van der Waals surface area contributed by atoms with Crippen molar-refractivity contribution in [3.63, 3.8) is 0 Å². The average Bonchev–Trinajstić information content (AvgIpc) is 2.82. The number of urea groups is 1. The molecular weight excluding hydrogens is 350 g/mol. The number of carbonyl (C=O) groups excluding carboxylic acids is 4. The van der Waals surface area contributed by atoms with Gasteiger partial charge in [-0.3, -0.25) is 19.3 Å². The van der Waals surface area contributed by atoms with Crippen LogP contribution in [0.5, 0.6) is 0 Å². The fraction of sp³-hybridized carbons (Fsp3) is 0.474. The van der Waals surface area contributed by atoms with Crippen molar-refractivity contribution in [1.29, 1.82) is 0 Å². The Morgan fingerprint density at radius 1 is 1.30 bits per heavy atom. The van der Waals surface area contributed by atoms with Crippen molar-refractivity contribution in [2.24, 2.45) is 0 Å². The predicted molar refractivity (Wildman–Crippen MR) is 95.5 cm³/mol. The van der Waals surface area contributed by atoms with Crippen molar-refractivity contribution in [2.45, 2.75) is 44.7 Å². The van der Waals surface area contributed by atoms with Crippen LogP contribution in [0.25, 0.3) is 0 Å². The third kappa shape index (κ3) is 4.10. The SMILES string of the molecule is CC1(C)NC(=O)N(CC(=O)OCC(=O)NC2CCCc3ccccc32)C1=O. The molecule has 8 nitrogen and oxygen atoms in total. The summed E-state index contributed by atoms with van der Waals surface area (Å²) >= 11 is 0. The Morgan fingerprint density at radius 2 is 2.04 bits per heavy atom. The van der Waals surface area contributed by atoms with E-state index in [1.165, 1.54) is 5.56 Å². The summed E-state index contributed by atoms with van der Waals surface area (Å²) in [6, 6.07) is 7.20. The fourth-order valence-electron chi connectivity index (χ4n) is 3.42. The molecule has 27 heavy (non-hydrogen) atoms. The molecule has 0 bridgehead atoms. The first-order chi connectivity index (χ1) is 12.8. The summed E-state index contributed by atoms with van der Waals surface area (Å²) in [5, 5.41) is 5.36. The van der Waals surface area contributed by atoms with Gasteiger partial charge >= 0.3 is 12.0 Å². The molecule has 3 rings (SSSR count). The number of hydrogen-bond acceptors (Lipinski definition) is 5. The maximum atomic E-state index is 12.1. The van der Waals surface area contributed by atoms with Crippen LogP contribution in [0.4, 0.5) is 4.79 Å². The molecule has 144 valence electrons. The number of amides is 4. The lowest BCUT2D eigenvalue weighted by Crippen LogP contribution is -2.41. The van der Waals surface area contributed by atoms with E-state index in [4.69, 9.17) is 4.74 Å². The highest BCUT2D eigenvalue weighted by Crippen LogP contribution is 2.29. The van der Waals surface area contributed by atoms with Crippen molar-refractivity contribution in [3.05, 3.63) is 35.4 Å². The number of fused-ring (bicyclic) bond motifs is 1. The number of carbonyl (C=O) groups is 4. The Balaban J connectivity index is 1.49. The monoisotopic (exact) mass is 373 g/mol. The minimum atomic E-state index is -1.05. The van der Waals surface area contributed by atoms with Crippen LogP contribution in [0.1, 0.15) is 43.9 Å². The molecule has 1 aliphatic carbocycles. The normalized spacial score (nSPS) is 20.7. The van der Waals surface area contributed by atoms with Gasteiger partial charge in [0, 0.05) is 0 Å². The minimum absolute atomic E-state index is 0.104. The number of ether oxygens (including phenoxy) is 1. The number of benzene rings is 1. The lowest BCUT2D eigenvalue weighted by molar-refractivity contribution is -0.151. The summed E-state index contributed by atoms with van der Waals surface area (Å²) in [5.74, 6) is -1.73. The maximum Gasteiger partial charge on any atom is 0.326 e. The third-order valence-electron chi connectivity index (χ3n) is 4.80. The van der Waals surface area contributed by atoms with Crippen molar-refractivity contribution in [1.82, 2.24) is 15.5 Å². The van der Waals surface area contributed by atoms with Gasteiger partial charge in [0.2, 0.25) is 0 Å². The fourth-order valence-corrected chi connectivity index (χ4v) is 3.42. The minimum Gasteiger partial charge on any atom is -0.454 e. The van der Waals surface area contributed by atoms with Gasteiger partial charge < -0.3 is 15.4 Å². The largest absolute Gasteiger partial charge is 0.454 e. The molecule has 1 fully saturated rings. The molecule has 0 spiro atoms. The Bertz CT molecular complexity index is 789. The lowest BCUT2D eigenvalue weighted by Gasteiger charge is -2.26. The van der Waals surface area contributed by atoms with Gasteiger partial charge in [-0.05, 0) is 44.2 Å². The van der Waals surface area contributed by atoms with Crippen molar-refractivity contribution in [2.75, 3.05) is 13.2 Å². The van der Waals surface area contributed by atoms with Gasteiger partial charge in [0.05, 0.1) is 6.04 Å². The van der Waals surface area contributed by atoms with Gasteiger partial charge in [-0.15, -0.1) is 0 Å². The number of hydrogen-bond donors (Lipinski definition) is 2. The van der Waals surface area contributed by atoms with Gasteiger partial charge in [0.1, 0.15) is 12.1 Å². The summed E-state index contributed by atoms with van der Waals surface area (Å²) in [6.07, 6.45) is 2.79. The standard InChI is InChI=1S/C19H23N3O5/c1-19(2)17(25)22(18(26)21-19)10-16(24)27-11-15(23)20-14-9-5-7-12-6-3-4-8-13(12)14/h3-4,6,8,14H,5,7,9-11H2,1-2H3,(H,20,23)(H,21,26). The van der Waals surface area contributed by atoms with E-state index in [0.29, 0.717) is 0 Å². The van der Waals surface area contributed by atoms with E-state index in [0.717, 1.165) is 29.7 Å². The molecule has 1 aromatic carbocycles. The smallest absolute Gasteiger partial charge is 0.326 e. The van der Waals surface area contributed by atoms with E-state index in [9.17, 15) is 19.2 Å². The van der Waals surface area contributed by atoms with Crippen LogP contribution in [0.3, 0.4) is 0 Å². The molecule has 1 unspecified atom stereocenters. The maximum absolute atomic E-state index is 12.1. The van der Waals surface area contributed by atoms with Crippen molar-refractivity contribution in [3.8, 4) is 0 Å². The number of rotatable bonds is 5. The van der Waals surface area contributed by atoms with E-state index in [-0.39, 0.29) is 6.04 Å². The van der Waals surface area contributed by atoms with E-state index in [1.807, 2.05) is 24.3 Å². The van der Waals surface area contributed by atoms with E-state index in [2.05, 4.69) is 10.6 Å². The highest BCUT2D eigenvalue weighted by Gasteiger charge is 2.45. The highest BCUT2D eigenvalue weighted by atomic mass is 16.5. The van der Waals surface area contributed by atoms with Crippen LogP contribution in [0, 0.1) is 0 Å². The lowest BCUT2D eigenvalue weighted by atomic mass is 9.88. The molecule has 2 aliphatic rings. The molecule has 0 radical (unpaired) electrons. The van der Waals surface area contributed by atoms with Crippen LogP contribution < -0.4 is 10.6 Å². The molecule has 1 atom stereocenters. The van der Waals surface area contributed by atoms with Gasteiger partial charge in [-0.2, -0.15) is 0 Å². The summed E-state index contributed by atoms with van der Waals surface area (Å²) in [7, 11) is 0. The van der Waals surface area contributed by atoms with E-state index < -0.39 is 42.5 Å². The van der Waals surface area contributed by atoms with Crippen molar-refractivity contribution < 1.29 is 23.9 Å². The Labute approximate surface area is 157 Å². The number of nitrogens with zero attached hydrogens (tertiary/aromatic N) is 1. The summed E-state index contributed by atoms with van der Waals surface area (Å²) < 4.78 is 4.94. The van der Waals surface area contributed by atoms with Gasteiger partial charge in [0.25, 0.3) is 11.8 Å². The van der Waals surface area contributed by atoms with E-state index in [1.54, 1.807) is 13.8 Å². The quantitative estimate of drug-likeness (QED) is 0.593. The molecule has 8 heteroatoms. The topological polar surface area (TPSA) is 105 Å². The second-order valence-corrected chi connectivity index (χ2v) is 7.32. The summed E-state index contributed by atoms with van der Waals surface area (Å²) in [6.45, 7) is 2.13. The molecule has 4 amide bonds. The Hall–Kier alpha value is -2.90. The Morgan fingerprint density at radius 3 is 2.74 bits per heavy atom. The number of esters is 1. The second-order valence-electron chi connectivity index (χ2n) is 7.32. The number of imide groups is 1. The molecular formula is C19H23N3O5. The first-order valence-electron chi connectivity index (χ1n) is 8.95. The molecule has 2 N–H and O–H groups in total. The molecule has 1 aliphatic heterocycles. The average molecular weight is 373 g/mol. The summed E-state index contributed by atoms with van der Waals surface area (Å²) in [5.41, 5.74) is 1.25. The first-order valence-corrected chi connectivity index (χ1v) is 8.95. The first kappa shape index (κ1) is 18.9. The van der Waals surface area contributed by atoms with Gasteiger partial charge in [-0.25, -0.2) is 4.79 Å². The second kappa shape index (κ2) is 7.38. The third-order valence-corrected chi connectivity index (χ3v) is 4.80. The molecule has 1 heterocycles. The zero-order valence-electron chi connectivity index (χ0n) is 15.4. The number of nitrogens with one attached hydrogen (secondary N) is 2. The zero-order valence-corrected chi connectivity index (χ0v) is 15.4. The highest BCUT2D eigenvalue weighted by molar-refractivity contribution is 6.08. The van der Waals surface area contributed by atoms with Crippen LogP contribution in [-0.4, -0.2) is 47.4 Å². The van der Waals surface area contributed by atoms with Gasteiger partial charge in [0.15, 0.2) is 6.61 Å². The summed E-state index contributed by atoms with van der Waals surface area (Å²) in [4.78, 5) is 48.7.